The van der Waals surface area contributed by atoms with Crippen LogP contribution < -0.4 is 5.32 Å². The Morgan fingerprint density at radius 3 is 2.39 bits per heavy atom. The van der Waals surface area contributed by atoms with Gasteiger partial charge < -0.3 is 24.6 Å². The van der Waals surface area contributed by atoms with Gasteiger partial charge in [0.25, 0.3) is 5.78 Å². The Balaban J connectivity index is 2.75. The van der Waals surface area contributed by atoms with E-state index in [0.717, 1.165) is 32.6 Å². The molecule has 0 aromatic heterocycles. The Morgan fingerprint density at radius 1 is 1.21 bits per heavy atom. The van der Waals surface area contributed by atoms with Crippen molar-refractivity contribution in [1.29, 1.82) is 0 Å². The lowest BCUT2D eigenvalue weighted by atomic mass is 10.0. The molecule has 0 saturated carbocycles. The average molecular weight is 411 g/mol. The summed E-state index contributed by atoms with van der Waals surface area (Å²) in [6.07, 6.45) is 1.17. The first-order valence-electron chi connectivity index (χ1n) is 8.84. The van der Waals surface area contributed by atoms with Crippen molar-refractivity contribution in [3.63, 3.8) is 0 Å². The number of hydrogen-bond acceptors (Lipinski definition) is 6. The van der Waals surface area contributed by atoms with E-state index in [4.69, 9.17) is 19.3 Å². The lowest BCUT2D eigenvalue weighted by Gasteiger charge is -2.17. The minimum absolute atomic E-state index is 0.0903. The third-order valence-electron chi connectivity index (χ3n) is 3.96. The number of ketones is 1. The SMILES string of the molecule is CCCC[C@H](CC(=O)C(=[N+]=[N-])P(=O)(OC)OC)NC(=O)OCc1ccccc1. The van der Waals surface area contributed by atoms with Gasteiger partial charge in [-0.1, -0.05) is 50.1 Å². The molecule has 154 valence electrons. The van der Waals surface area contributed by atoms with Gasteiger partial charge in [0.15, 0.2) is 0 Å². The lowest BCUT2D eigenvalue weighted by Crippen LogP contribution is -2.38. The second-order valence-electron chi connectivity index (χ2n) is 5.96. The summed E-state index contributed by atoms with van der Waals surface area (Å²) in [6, 6.07) is 8.58. The fourth-order valence-corrected chi connectivity index (χ4v) is 3.43. The van der Waals surface area contributed by atoms with Gasteiger partial charge in [-0.15, -0.1) is 0 Å². The van der Waals surface area contributed by atoms with Crippen LogP contribution in [0.3, 0.4) is 0 Å². The summed E-state index contributed by atoms with van der Waals surface area (Å²) in [5, 5.41) is 2.63. The van der Waals surface area contributed by atoms with Gasteiger partial charge in [-0.3, -0.25) is 4.79 Å². The quantitative estimate of drug-likeness (QED) is 0.242. The number of rotatable bonds is 12. The molecule has 0 aliphatic carbocycles. The average Bonchev–Trinajstić information content (AvgIpc) is 2.71. The highest BCUT2D eigenvalue weighted by atomic mass is 31.2. The molecule has 1 N–H and O–H groups in total. The summed E-state index contributed by atoms with van der Waals surface area (Å²) in [7, 11) is -1.85. The summed E-state index contributed by atoms with van der Waals surface area (Å²) < 4.78 is 26.9. The van der Waals surface area contributed by atoms with Crippen molar-refractivity contribution in [3.05, 3.63) is 41.4 Å². The molecular weight excluding hydrogens is 385 g/mol. The Morgan fingerprint density at radius 2 is 1.86 bits per heavy atom. The van der Waals surface area contributed by atoms with Crippen LogP contribution in [0.4, 0.5) is 4.79 Å². The number of benzene rings is 1. The molecule has 1 aromatic carbocycles. The monoisotopic (exact) mass is 411 g/mol. The number of nitrogens with one attached hydrogen (secondary N) is 1. The Hall–Kier alpha value is -2.31. The lowest BCUT2D eigenvalue weighted by molar-refractivity contribution is -0.117. The van der Waals surface area contributed by atoms with Gasteiger partial charge in [0.05, 0.1) is 0 Å². The smallest absolute Gasteiger partial charge is 0.445 e. The molecule has 0 unspecified atom stereocenters. The normalized spacial score (nSPS) is 12.0. The molecule has 0 radical (unpaired) electrons. The molecule has 1 atom stereocenters. The van der Waals surface area contributed by atoms with Crippen molar-refractivity contribution >= 4 is 24.9 Å². The maximum Gasteiger partial charge on any atom is 0.446 e. The molecule has 10 heteroatoms. The molecule has 9 nitrogen and oxygen atoms in total. The number of nitrogens with zero attached hydrogens (tertiary/aromatic N) is 2. The molecule has 1 aromatic rings. The van der Waals surface area contributed by atoms with Crippen molar-refractivity contribution in [3.8, 4) is 0 Å². The van der Waals surface area contributed by atoms with Crippen LogP contribution in [-0.2, 0) is 29.8 Å². The van der Waals surface area contributed by atoms with E-state index in [1.54, 1.807) is 0 Å². The van der Waals surface area contributed by atoms with E-state index in [1.165, 1.54) is 0 Å². The highest BCUT2D eigenvalue weighted by Gasteiger charge is 2.44. The van der Waals surface area contributed by atoms with Crippen LogP contribution in [0.1, 0.15) is 38.2 Å². The summed E-state index contributed by atoms with van der Waals surface area (Å²) in [5.41, 5.74) is 9.22. The zero-order valence-corrected chi connectivity index (χ0v) is 17.2. The number of carbonyl (C=O) groups is 2. The fourth-order valence-electron chi connectivity index (χ4n) is 2.43. The molecule has 1 amide bonds. The first-order valence-corrected chi connectivity index (χ1v) is 10.4. The minimum Gasteiger partial charge on any atom is -0.445 e. The van der Waals surface area contributed by atoms with Gasteiger partial charge in [-0.05, 0) is 12.0 Å². The highest BCUT2D eigenvalue weighted by Crippen LogP contribution is 2.47. The standard InChI is InChI=1S/C18H26N3O6P/c1-4-5-11-15(12-16(22)17(21-19)28(24,25-2)26-3)20-18(23)27-13-14-9-7-6-8-10-14/h6-10,15H,4-5,11-13H2,1-3H3,(H,20,23)/t15-/m1/s1. The van der Waals surface area contributed by atoms with Gasteiger partial charge in [-0.25, -0.2) is 9.36 Å². The molecular formula is C18H26N3O6P. The number of amides is 1. The maximum absolute atomic E-state index is 12.5. The Bertz CT molecular complexity index is 741. The number of unbranched alkanes of at least 4 members (excludes halogenated alkanes) is 1. The predicted molar refractivity (Wildman–Crippen MR) is 103 cm³/mol. The summed E-state index contributed by atoms with van der Waals surface area (Å²) in [5.74, 6) is -0.751. The number of alkyl carbamates (subject to hydrolysis) is 1. The van der Waals surface area contributed by atoms with E-state index in [9.17, 15) is 14.2 Å². The van der Waals surface area contributed by atoms with Crippen molar-refractivity contribution in [2.75, 3.05) is 14.2 Å². The highest BCUT2D eigenvalue weighted by molar-refractivity contribution is 7.74. The van der Waals surface area contributed by atoms with Gasteiger partial charge in [0, 0.05) is 26.7 Å². The molecule has 0 aliphatic rings. The zero-order valence-electron chi connectivity index (χ0n) is 16.3. The summed E-state index contributed by atoms with van der Waals surface area (Å²) in [4.78, 5) is 27.3. The van der Waals surface area contributed by atoms with Crippen molar-refractivity contribution in [1.82, 2.24) is 5.32 Å². The molecule has 0 heterocycles. The van der Waals surface area contributed by atoms with Crippen molar-refractivity contribution in [2.45, 2.75) is 45.3 Å². The maximum atomic E-state index is 12.5. The molecule has 0 bridgehead atoms. The van der Waals surface area contributed by atoms with E-state index in [1.807, 2.05) is 37.3 Å². The third-order valence-corrected chi connectivity index (χ3v) is 5.78. The van der Waals surface area contributed by atoms with Crippen LogP contribution in [0.5, 0.6) is 0 Å². The van der Waals surface area contributed by atoms with Crippen LogP contribution in [0, 0.1) is 0 Å². The van der Waals surface area contributed by atoms with Gasteiger partial charge >= 0.3 is 19.1 Å². The molecule has 0 fully saturated rings. The number of carbonyl (C=O) groups excluding carboxylic acids is 2. The van der Waals surface area contributed by atoms with Crippen LogP contribution >= 0.6 is 7.60 Å². The first-order chi connectivity index (χ1) is 13.4. The van der Waals surface area contributed by atoms with E-state index >= 15 is 0 Å². The van der Waals surface area contributed by atoms with Crippen LogP contribution in [-0.4, -0.2) is 42.4 Å². The van der Waals surface area contributed by atoms with E-state index in [2.05, 4.69) is 10.1 Å². The van der Waals surface area contributed by atoms with Crippen molar-refractivity contribution < 1.29 is 32.7 Å². The number of Topliss-reactive ketones (excluding diaryl/α,β-unsaturated/α-hetero) is 1. The largest absolute Gasteiger partial charge is 0.446 e. The molecule has 0 aliphatic heterocycles. The number of hydrogen-bond donors (Lipinski definition) is 1. The topological polar surface area (TPSA) is 127 Å². The second-order valence-corrected chi connectivity index (χ2v) is 8.11. The summed E-state index contributed by atoms with van der Waals surface area (Å²) in [6.45, 7) is 2.06. The van der Waals surface area contributed by atoms with Crippen LogP contribution in [0.2, 0.25) is 0 Å². The zero-order chi connectivity index (χ0) is 21.0. The first kappa shape index (κ1) is 23.7. The third kappa shape index (κ3) is 7.37. The Kier molecular flexibility index (Phi) is 10.3. The Labute approximate surface area is 164 Å². The minimum atomic E-state index is -4.01. The van der Waals surface area contributed by atoms with Gasteiger partial charge in [0.1, 0.15) is 6.61 Å². The molecule has 28 heavy (non-hydrogen) atoms. The van der Waals surface area contributed by atoms with E-state index < -0.39 is 31.0 Å². The summed E-state index contributed by atoms with van der Waals surface area (Å²) >= 11 is 0. The van der Waals surface area contributed by atoms with Gasteiger partial charge in [0.2, 0.25) is 0 Å². The van der Waals surface area contributed by atoms with Crippen LogP contribution in [0.25, 0.3) is 5.53 Å². The molecule has 1 rings (SSSR count). The van der Waals surface area contributed by atoms with Crippen LogP contribution in [0.15, 0.2) is 30.3 Å². The van der Waals surface area contributed by atoms with Gasteiger partial charge in [-0.2, -0.15) is 4.79 Å². The number of ether oxygens (including phenoxy) is 1. The second kappa shape index (κ2) is 12.2. The molecule has 0 spiro atoms. The predicted octanol–water partition coefficient (Wildman–Crippen LogP) is 3.55. The molecule has 0 saturated heterocycles. The van der Waals surface area contributed by atoms with E-state index in [0.29, 0.717) is 6.42 Å². The van der Waals surface area contributed by atoms with Crippen molar-refractivity contribution in [2.24, 2.45) is 0 Å². The fraction of sp³-hybridized carbons (Fsp3) is 0.500. The van der Waals surface area contributed by atoms with E-state index in [-0.39, 0.29) is 13.0 Å².